The zero-order valence-corrected chi connectivity index (χ0v) is 10.9. The number of para-hydroxylation sites is 2. The molecule has 0 radical (unpaired) electrons. The number of anilines is 1. The van der Waals surface area contributed by atoms with Gasteiger partial charge in [0.2, 0.25) is 0 Å². The lowest BCUT2D eigenvalue weighted by Gasteiger charge is -2.06. The third kappa shape index (κ3) is 3.45. The van der Waals surface area contributed by atoms with Gasteiger partial charge >= 0.3 is 0 Å². The van der Waals surface area contributed by atoms with Gasteiger partial charge in [0.1, 0.15) is 0 Å². The van der Waals surface area contributed by atoms with E-state index in [2.05, 4.69) is 35.4 Å². The Morgan fingerprint density at radius 3 is 2.39 bits per heavy atom. The van der Waals surface area contributed by atoms with Crippen LogP contribution in [0.5, 0.6) is 0 Å². The molecule has 0 saturated heterocycles. The molecule has 0 heterocycles. The van der Waals surface area contributed by atoms with E-state index in [4.69, 9.17) is 0 Å². The van der Waals surface area contributed by atoms with Crippen molar-refractivity contribution in [2.45, 2.75) is 13.8 Å². The minimum absolute atomic E-state index is 0.762. The van der Waals surface area contributed by atoms with Crippen molar-refractivity contribution >= 4 is 17.1 Å². The number of rotatable bonds is 4. The second-order valence-corrected chi connectivity index (χ2v) is 4.35. The van der Waals surface area contributed by atoms with Crippen LogP contribution in [-0.2, 0) is 0 Å². The van der Waals surface area contributed by atoms with Gasteiger partial charge in [-0.05, 0) is 37.6 Å². The standard InChI is InChI=1S/C16H18N2/c1-13-8-6-7-11-16(13)18-14(2)12-17-15-9-4-3-5-10-15/h3-11,17H,12H2,1-2H3. The second kappa shape index (κ2) is 6.01. The average Bonchev–Trinajstić information content (AvgIpc) is 2.40. The number of nitrogens with zero attached hydrogens (tertiary/aromatic N) is 1. The van der Waals surface area contributed by atoms with E-state index in [0.717, 1.165) is 23.6 Å². The van der Waals surface area contributed by atoms with E-state index in [9.17, 15) is 0 Å². The van der Waals surface area contributed by atoms with Crippen LogP contribution in [0.2, 0.25) is 0 Å². The van der Waals surface area contributed by atoms with Crippen molar-refractivity contribution in [2.75, 3.05) is 11.9 Å². The molecule has 0 aliphatic rings. The smallest absolute Gasteiger partial charge is 0.0658 e. The Morgan fingerprint density at radius 1 is 1.00 bits per heavy atom. The highest BCUT2D eigenvalue weighted by atomic mass is 14.9. The van der Waals surface area contributed by atoms with Gasteiger partial charge in [-0.15, -0.1) is 0 Å². The summed E-state index contributed by atoms with van der Waals surface area (Å²) < 4.78 is 0. The van der Waals surface area contributed by atoms with E-state index in [1.807, 2.05) is 43.3 Å². The third-order valence-corrected chi connectivity index (χ3v) is 2.75. The molecule has 2 rings (SSSR count). The summed E-state index contributed by atoms with van der Waals surface area (Å²) in [5, 5.41) is 3.35. The molecule has 0 bridgehead atoms. The summed E-state index contributed by atoms with van der Waals surface area (Å²) in [6.07, 6.45) is 0. The summed E-state index contributed by atoms with van der Waals surface area (Å²) in [5.41, 5.74) is 4.45. The molecule has 0 spiro atoms. The molecule has 2 nitrogen and oxygen atoms in total. The van der Waals surface area contributed by atoms with Crippen LogP contribution < -0.4 is 5.32 Å². The van der Waals surface area contributed by atoms with Gasteiger partial charge in [0.15, 0.2) is 0 Å². The largest absolute Gasteiger partial charge is 0.380 e. The second-order valence-electron chi connectivity index (χ2n) is 4.35. The highest BCUT2D eigenvalue weighted by Gasteiger charge is 1.96. The molecule has 0 unspecified atom stereocenters. The maximum Gasteiger partial charge on any atom is 0.0658 e. The first-order valence-electron chi connectivity index (χ1n) is 6.14. The molecule has 1 N–H and O–H groups in total. The van der Waals surface area contributed by atoms with Gasteiger partial charge in [0.05, 0.1) is 12.2 Å². The average molecular weight is 238 g/mol. The number of hydrogen-bond acceptors (Lipinski definition) is 2. The Labute approximate surface area is 108 Å². The van der Waals surface area contributed by atoms with Gasteiger partial charge in [-0.1, -0.05) is 36.4 Å². The Morgan fingerprint density at radius 2 is 1.67 bits per heavy atom. The summed E-state index contributed by atoms with van der Waals surface area (Å²) in [6.45, 7) is 4.89. The van der Waals surface area contributed by atoms with Crippen molar-refractivity contribution in [1.29, 1.82) is 0 Å². The number of benzene rings is 2. The maximum absolute atomic E-state index is 4.63. The summed E-state index contributed by atoms with van der Waals surface area (Å²) in [4.78, 5) is 4.63. The maximum atomic E-state index is 4.63. The van der Waals surface area contributed by atoms with Gasteiger partial charge in [0, 0.05) is 11.4 Å². The van der Waals surface area contributed by atoms with Gasteiger partial charge in [-0.25, -0.2) is 0 Å². The lowest BCUT2D eigenvalue weighted by Crippen LogP contribution is -2.10. The summed E-state index contributed by atoms with van der Waals surface area (Å²) in [5.74, 6) is 0. The van der Waals surface area contributed by atoms with E-state index in [1.165, 1.54) is 5.56 Å². The van der Waals surface area contributed by atoms with Crippen LogP contribution >= 0.6 is 0 Å². The van der Waals surface area contributed by atoms with Gasteiger partial charge in [-0.3, -0.25) is 4.99 Å². The lowest BCUT2D eigenvalue weighted by atomic mass is 10.2. The molecule has 2 aromatic carbocycles. The Balaban J connectivity index is 2.00. The van der Waals surface area contributed by atoms with Crippen LogP contribution in [0.4, 0.5) is 11.4 Å². The van der Waals surface area contributed by atoms with Crippen LogP contribution in [0.15, 0.2) is 59.6 Å². The molecule has 92 valence electrons. The van der Waals surface area contributed by atoms with E-state index in [1.54, 1.807) is 0 Å². The first kappa shape index (κ1) is 12.4. The fourth-order valence-electron chi connectivity index (χ4n) is 1.72. The Hall–Kier alpha value is -2.09. The topological polar surface area (TPSA) is 24.4 Å². The Kier molecular flexibility index (Phi) is 4.13. The lowest BCUT2D eigenvalue weighted by molar-refractivity contribution is 1.32. The van der Waals surface area contributed by atoms with E-state index < -0.39 is 0 Å². The first-order valence-corrected chi connectivity index (χ1v) is 6.14. The fraction of sp³-hybridized carbons (Fsp3) is 0.188. The van der Waals surface area contributed by atoms with Crippen molar-refractivity contribution in [3.63, 3.8) is 0 Å². The van der Waals surface area contributed by atoms with Crippen LogP contribution in [0, 0.1) is 6.92 Å². The number of aliphatic imine (C=N–C) groups is 1. The molecular weight excluding hydrogens is 220 g/mol. The molecule has 18 heavy (non-hydrogen) atoms. The summed E-state index contributed by atoms with van der Waals surface area (Å²) >= 11 is 0. The number of nitrogens with one attached hydrogen (secondary N) is 1. The van der Waals surface area contributed by atoms with Crippen molar-refractivity contribution in [3.8, 4) is 0 Å². The number of aryl methyl sites for hydroxylation is 1. The minimum Gasteiger partial charge on any atom is -0.380 e. The van der Waals surface area contributed by atoms with Crippen molar-refractivity contribution < 1.29 is 0 Å². The predicted molar refractivity (Wildman–Crippen MR) is 78.9 cm³/mol. The molecule has 0 aliphatic carbocycles. The van der Waals surface area contributed by atoms with Gasteiger partial charge in [0.25, 0.3) is 0 Å². The van der Waals surface area contributed by atoms with E-state index in [-0.39, 0.29) is 0 Å². The van der Waals surface area contributed by atoms with Crippen molar-refractivity contribution in [3.05, 3.63) is 60.2 Å². The van der Waals surface area contributed by atoms with E-state index in [0.29, 0.717) is 0 Å². The van der Waals surface area contributed by atoms with Crippen LogP contribution in [0.1, 0.15) is 12.5 Å². The summed E-state index contributed by atoms with van der Waals surface area (Å²) in [7, 11) is 0. The van der Waals surface area contributed by atoms with Gasteiger partial charge < -0.3 is 5.32 Å². The molecule has 0 saturated carbocycles. The molecule has 0 fully saturated rings. The number of hydrogen-bond donors (Lipinski definition) is 1. The van der Waals surface area contributed by atoms with Gasteiger partial charge in [-0.2, -0.15) is 0 Å². The summed E-state index contributed by atoms with van der Waals surface area (Å²) in [6, 6.07) is 18.3. The minimum atomic E-state index is 0.762. The van der Waals surface area contributed by atoms with Crippen molar-refractivity contribution in [2.24, 2.45) is 4.99 Å². The molecular formula is C16H18N2. The van der Waals surface area contributed by atoms with Crippen LogP contribution in [-0.4, -0.2) is 12.3 Å². The predicted octanol–water partition coefficient (Wildman–Crippen LogP) is 4.20. The highest BCUT2D eigenvalue weighted by Crippen LogP contribution is 2.17. The zero-order chi connectivity index (χ0) is 12.8. The molecule has 2 heteroatoms. The molecule has 0 amide bonds. The SMILES string of the molecule is CC(CNc1ccccc1)=Nc1ccccc1C. The molecule has 0 atom stereocenters. The first-order chi connectivity index (χ1) is 8.75. The monoisotopic (exact) mass is 238 g/mol. The molecule has 0 aliphatic heterocycles. The normalized spacial score (nSPS) is 11.3. The molecule has 2 aromatic rings. The third-order valence-electron chi connectivity index (χ3n) is 2.75. The van der Waals surface area contributed by atoms with Crippen LogP contribution in [0.3, 0.4) is 0 Å². The molecule has 0 aromatic heterocycles. The van der Waals surface area contributed by atoms with Crippen molar-refractivity contribution in [1.82, 2.24) is 0 Å². The van der Waals surface area contributed by atoms with E-state index >= 15 is 0 Å². The fourth-order valence-corrected chi connectivity index (χ4v) is 1.72. The van der Waals surface area contributed by atoms with Crippen LogP contribution in [0.25, 0.3) is 0 Å². The quantitative estimate of drug-likeness (QED) is 0.793. The highest BCUT2D eigenvalue weighted by molar-refractivity contribution is 5.88. The zero-order valence-electron chi connectivity index (χ0n) is 10.9. The Bertz CT molecular complexity index is 530.